The predicted octanol–water partition coefficient (Wildman–Crippen LogP) is 0.681. The molecule has 0 aliphatic carbocycles. The molecule has 92 valence electrons. The predicted molar refractivity (Wildman–Crippen MR) is 67.0 cm³/mol. The van der Waals surface area contributed by atoms with Crippen LogP contribution < -0.4 is 10.2 Å². The number of rotatable bonds is 2. The number of hydrogen-bond acceptors (Lipinski definition) is 3. The van der Waals surface area contributed by atoms with Gasteiger partial charge in [0.2, 0.25) is 5.91 Å². The Labute approximate surface area is 101 Å². The van der Waals surface area contributed by atoms with Gasteiger partial charge in [-0.3, -0.25) is 4.79 Å². The molecule has 0 spiro atoms. The van der Waals surface area contributed by atoms with Crippen molar-refractivity contribution in [3.8, 4) is 0 Å². The summed E-state index contributed by atoms with van der Waals surface area (Å²) < 4.78 is 0. The highest BCUT2D eigenvalue weighted by Gasteiger charge is 2.33. The summed E-state index contributed by atoms with van der Waals surface area (Å²) in [6.45, 7) is 4.54. The molecule has 0 bridgehead atoms. The summed E-state index contributed by atoms with van der Waals surface area (Å²) in [5, 5.41) is 12.2. The normalized spacial score (nSPS) is 25.1. The molecule has 1 aromatic carbocycles. The van der Waals surface area contributed by atoms with Crippen LogP contribution in [0.15, 0.2) is 24.3 Å². The van der Waals surface area contributed by atoms with Gasteiger partial charge in [0.1, 0.15) is 6.04 Å². The van der Waals surface area contributed by atoms with E-state index in [1.165, 1.54) is 0 Å². The van der Waals surface area contributed by atoms with Gasteiger partial charge in [-0.15, -0.1) is 0 Å². The smallest absolute Gasteiger partial charge is 0.246 e. The van der Waals surface area contributed by atoms with Gasteiger partial charge < -0.3 is 15.3 Å². The molecule has 1 aromatic rings. The highest BCUT2D eigenvalue weighted by Crippen LogP contribution is 2.24. The van der Waals surface area contributed by atoms with Crippen molar-refractivity contribution in [3.63, 3.8) is 0 Å². The molecular weight excluding hydrogens is 216 g/mol. The highest BCUT2D eigenvalue weighted by molar-refractivity contribution is 5.99. The summed E-state index contributed by atoms with van der Waals surface area (Å²) in [7, 11) is 0. The summed E-state index contributed by atoms with van der Waals surface area (Å²) in [6.07, 6.45) is 0. The van der Waals surface area contributed by atoms with Crippen LogP contribution in [0.2, 0.25) is 0 Å². The van der Waals surface area contributed by atoms with E-state index >= 15 is 0 Å². The fourth-order valence-electron chi connectivity index (χ4n) is 2.21. The number of aliphatic hydroxyl groups is 1. The molecule has 1 saturated heterocycles. The summed E-state index contributed by atoms with van der Waals surface area (Å²) in [5.74, 6) is -0.0550. The number of nitrogens with zero attached hydrogens (tertiary/aromatic N) is 1. The molecule has 1 amide bonds. The van der Waals surface area contributed by atoms with Crippen LogP contribution in [-0.4, -0.2) is 36.2 Å². The van der Waals surface area contributed by atoms with Crippen molar-refractivity contribution in [2.45, 2.75) is 25.9 Å². The van der Waals surface area contributed by atoms with E-state index in [1.54, 1.807) is 4.90 Å². The summed E-state index contributed by atoms with van der Waals surface area (Å²) >= 11 is 0. The van der Waals surface area contributed by atoms with E-state index in [-0.39, 0.29) is 18.6 Å². The first-order chi connectivity index (χ1) is 8.15. The van der Waals surface area contributed by atoms with E-state index in [0.29, 0.717) is 6.54 Å². The fourth-order valence-corrected chi connectivity index (χ4v) is 2.21. The zero-order chi connectivity index (χ0) is 12.4. The van der Waals surface area contributed by atoms with Crippen LogP contribution in [0.25, 0.3) is 0 Å². The molecule has 1 aliphatic rings. The average molecular weight is 234 g/mol. The first-order valence-electron chi connectivity index (χ1n) is 5.88. The van der Waals surface area contributed by atoms with Crippen molar-refractivity contribution in [1.29, 1.82) is 0 Å². The maximum Gasteiger partial charge on any atom is 0.246 e. The third-order valence-electron chi connectivity index (χ3n) is 3.19. The van der Waals surface area contributed by atoms with E-state index in [4.69, 9.17) is 0 Å². The fraction of sp³-hybridized carbons (Fsp3) is 0.462. The third-order valence-corrected chi connectivity index (χ3v) is 3.19. The van der Waals surface area contributed by atoms with Crippen LogP contribution in [0, 0.1) is 6.92 Å². The Hall–Kier alpha value is -1.39. The number of hydrogen-bond donors (Lipinski definition) is 2. The molecule has 17 heavy (non-hydrogen) atoms. The number of carbonyl (C=O) groups excluding carboxylic acids is 1. The molecule has 2 atom stereocenters. The molecular formula is C13H18N2O2. The number of carbonyl (C=O) groups is 1. The van der Waals surface area contributed by atoms with Crippen LogP contribution in [0.1, 0.15) is 12.5 Å². The van der Waals surface area contributed by atoms with Crippen molar-refractivity contribution in [1.82, 2.24) is 5.32 Å². The van der Waals surface area contributed by atoms with Gasteiger partial charge in [-0.05, 0) is 25.5 Å². The minimum Gasteiger partial charge on any atom is -0.394 e. The monoisotopic (exact) mass is 234 g/mol. The maximum atomic E-state index is 12.2. The number of aryl methyl sites for hydroxylation is 1. The molecule has 2 N–H and O–H groups in total. The average Bonchev–Trinajstić information content (AvgIpc) is 2.32. The number of para-hydroxylation sites is 1. The van der Waals surface area contributed by atoms with Crippen molar-refractivity contribution in [2.24, 2.45) is 0 Å². The SMILES string of the molecule is Cc1ccccc1N1C(=O)C(CO)NCC1C. The molecule has 4 heteroatoms. The standard InChI is InChI=1S/C13H18N2O2/c1-9-5-3-4-6-12(9)15-10(2)7-14-11(8-16)13(15)17/h3-6,10-11,14,16H,7-8H2,1-2H3. The van der Waals surface area contributed by atoms with Crippen LogP contribution in [0.3, 0.4) is 0 Å². The topological polar surface area (TPSA) is 52.6 Å². The number of aliphatic hydroxyl groups excluding tert-OH is 1. The van der Waals surface area contributed by atoms with Crippen molar-refractivity contribution < 1.29 is 9.90 Å². The van der Waals surface area contributed by atoms with E-state index in [2.05, 4.69) is 5.32 Å². The Kier molecular flexibility index (Phi) is 3.45. The van der Waals surface area contributed by atoms with Gasteiger partial charge in [-0.25, -0.2) is 0 Å². The number of piperazine rings is 1. The Morgan fingerprint density at radius 1 is 1.47 bits per heavy atom. The number of anilines is 1. The van der Waals surface area contributed by atoms with Crippen LogP contribution in [0.5, 0.6) is 0 Å². The lowest BCUT2D eigenvalue weighted by atomic mass is 10.1. The van der Waals surface area contributed by atoms with Crippen molar-refractivity contribution >= 4 is 11.6 Å². The van der Waals surface area contributed by atoms with Crippen LogP contribution in [-0.2, 0) is 4.79 Å². The van der Waals surface area contributed by atoms with E-state index in [1.807, 2.05) is 38.1 Å². The second kappa shape index (κ2) is 4.85. The molecule has 2 rings (SSSR count). The van der Waals surface area contributed by atoms with E-state index in [9.17, 15) is 9.90 Å². The summed E-state index contributed by atoms with van der Waals surface area (Å²) in [5.41, 5.74) is 2.01. The zero-order valence-electron chi connectivity index (χ0n) is 10.2. The van der Waals surface area contributed by atoms with Gasteiger partial charge in [0.25, 0.3) is 0 Å². The Morgan fingerprint density at radius 2 is 2.18 bits per heavy atom. The molecule has 0 aromatic heterocycles. The third kappa shape index (κ3) is 2.18. The molecule has 1 aliphatic heterocycles. The van der Waals surface area contributed by atoms with Crippen LogP contribution in [0.4, 0.5) is 5.69 Å². The lowest BCUT2D eigenvalue weighted by Crippen LogP contribution is -2.61. The van der Waals surface area contributed by atoms with E-state index < -0.39 is 6.04 Å². The van der Waals surface area contributed by atoms with Gasteiger partial charge in [0, 0.05) is 18.3 Å². The van der Waals surface area contributed by atoms with Gasteiger partial charge in [0.15, 0.2) is 0 Å². The second-order valence-corrected chi connectivity index (χ2v) is 4.49. The van der Waals surface area contributed by atoms with Gasteiger partial charge in [-0.2, -0.15) is 0 Å². The largest absolute Gasteiger partial charge is 0.394 e. The Morgan fingerprint density at radius 3 is 2.82 bits per heavy atom. The number of benzene rings is 1. The highest BCUT2D eigenvalue weighted by atomic mass is 16.3. The molecule has 2 unspecified atom stereocenters. The van der Waals surface area contributed by atoms with Crippen molar-refractivity contribution in [3.05, 3.63) is 29.8 Å². The van der Waals surface area contributed by atoms with Gasteiger partial charge in [0.05, 0.1) is 6.61 Å². The van der Waals surface area contributed by atoms with Gasteiger partial charge in [-0.1, -0.05) is 18.2 Å². The number of amides is 1. The zero-order valence-corrected chi connectivity index (χ0v) is 10.2. The lowest BCUT2D eigenvalue weighted by Gasteiger charge is -2.38. The number of nitrogens with one attached hydrogen (secondary N) is 1. The molecule has 1 heterocycles. The Bertz CT molecular complexity index is 420. The second-order valence-electron chi connectivity index (χ2n) is 4.49. The van der Waals surface area contributed by atoms with Crippen molar-refractivity contribution in [2.75, 3.05) is 18.1 Å². The first kappa shape index (κ1) is 12.1. The lowest BCUT2D eigenvalue weighted by molar-refractivity contribution is -0.123. The minimum atomic E-state index is -0.481. The summed E-state index contributed by atoms with van der Waals surface area (Å²) in [4.78, 5) is 14.0. The molecule has 0 radical (unpaired) electrons. The molecule has 0 saturated carbocycles. The van der Waals surface area contributed by atoms with Crippen LogP contribution >= 0.6 is 0 Å². The summed E-state index contributed by atoms with van der Waals surface area (Å²) in [6, 6.07) is 7.45. The van der Waals surface area contributed by atoms with Gasteiger partial charge >= 0.3 is 0 Å². The minimum absolute atomic E-state index is 0.0550. The quantitative estimate of drug-likeness (QED) is 0.791. The van der Waals surface area contributed by atoms with E-state index in [0.717, 1.165) is 11.3 Å². The Balaban J connectivity index is 2.35. The maximum absolute atomic E-state index is 12.2. The molecule has 1 fully saturated rings. The first-order valence-corrected chi connectivity index (χ1v) is 5.88. The molecule has 4 nitrogen and oxygen atoms in total.